The van der Waals surface area contributed by atoms with Gasteiger partial charge in [-0.3, -0.25) is 0 Å². The lowest BCUT2D eigenvalue weighted by Crippen LogP contribution is -1.84. The number of hydrogen-bond donors (Lipinski definition) is 1. The van der Waals surface area contributed by atoms with E-state index < -0.39 is 0 Å². The first-order valence-electron chi connectivity index (χ1n) is 6.37. The van der Waals surface area contributed by atoms with E-state index in [1.165, 1.54) is 22.8 Å². The van der Waals surface area contributed by atoms with Gasteiger partial charge < -0.3 is 4.98 Å². The Balaban J connectivity index is 1.81. The number of aromatic nitrogens is 1. The minimum atomic E-state index is -0.193. The minimum absolute atomic E-state index is 0.193. The molecule has 0 aliphatic heterocycles. The molecule has 1 aromatic heterocycles. The van der Waals surface area contributed by atoms with Crippen molar-refractivity contribution in [1.82, 2.24) is 4.98 Å². The molecule has 1 nitrogen and oxygen atoms in total. The van der Waals surface area contributed by atoms with Crippen LogP contribution in [0.15, 0.2) is 48.5 Å². The quantitative estimate of drug-likeness (QED) is 0.657. The molecule has 92 valence electrons. The van der Waals surface area contributed by atoms with E-state index in [1.807, 2.05) is 6.07 Å². The van der Waals surface area contributed by atoms with Crippen molar-refractivity contribution in [2.75, 3.05) is 0 Å². The van der Waals surface area contributed by atoms with E-state index >= 15 is 0 Å². The number of benzene rings is 2. The molecule has 2 heteroatoms. The van der Waals surface area contributed by atoms with E-state index in [4.69, 9.17) is 0 Å². The molecule has 1 aliphatic rings. The van der Waals surface area contributed by atoms with Crippen molar-refractivity contribution in [3.63, 3.8) is 0 Å². The van der Waals surface area contributed by atoms with Crippen molar-refractivity contribution in [3.8, 4) is 0 Å². The van der Waals surface area contributed by atoms with E-state index in [0.717, 1.165) is 23.0 Å². The van der Waals surface area contributed by atoms with Crippen LogP contribution in [0.4, 0.5) is 4.39 Å². The number of nitrogens with one attached hydrogen (secondary N) is 1. The Morgan fingerprint density at radius 3 is 2.79 bits per heavy atom. The number of allylic oxidation sites excluding steroid dienone is 1. The Labute approximate surface area is 110 Å². The number of aromatic amines is 1. The second-order valence-corrected chi connectivity index (χ2v) is 4.96. The molecule has 1 aliphatic carbocycles. The highest BCUT2D eigenvalue weighted by atomic mass is 19.1. The Morgan fingerprint density at radius 2 is 1.89 bits per heavy atom. The molecule has 1 N–H and O–H groups in total. The van der Waals surface area contributed by atoms with E-state index in [2.05, 4.69) is 35.3 Å². The van der Waals surface area contributed by atoms with Crippen LogP contribution < -0.4 is 0 Å². The van der Waals surface area contributed by atoms with Crippen LogP contribution in [0.5, 0.6) is 0 Å². The SMILES string of the molecule is Fc1ccc2[nH]c(C3=Cc4ccccc4C3)cc2c1. The number of rotatable bonds is 1. The van der Waals surface area contributed by atoms with Crippen LogP contribution in [0.25, 0.3) is 22.6 Å². The normalized spacial score (nSPS) is 13.6. The zero-order valence-electron chi connectivity index (χ0n) is 10.3. The van der Waals surface area contributed by atoms with Gasteiger partial charge in [0.25, 0.3) is 0 Å². The molecule has 2 aromatic carbocycles. The molecule has 0 radical (unpaired) electrons. The summed E-state index contributed by atoms with van der Waals surface area (Å²) in [6, 6.07) is 15.3. The van der Waals surface area contributed by atoms with Crippen molar-refractivity contribution in [2.45, 2.75) is 6.42 Å². The Hall–Kier alpha value is -2.35. The molecule has 0 unspecified atom stereocenters. The maximum Gasteiger partial charge on any atom is 0.123 e. The lowest BCUT2D eigenvalue weighted by Gasteiger charge is -1.97. The summed E-state index contributed by atoms with van der Waals surface area (Å²) in [4.78, 5) is 3.36. The third-order valence-corrected chi connectivity index (χ3v) is 3.69. The van der Waals surface area contributed by atoms with E-state index in [9.17, 15) is 4.39 Å². The second kappa shape index (κ2) is 3.82. The Morgan fingerprint density at radius 1 is 1.00 bits per heavy atom. The van der Waals surface area contributed by atoms with Gasteiger partial charge in [0.05, 0.1) is 0 Å². The van der Waals surface area contributed by atoms with Crippen molar-refractivity contribution >= 4 is 22.6 Å². The highest BCUT2D eigenvalue weighted by molar-refractivity contribution is 5.92. The zero-order valence-corrected chi connectivity index (χ0v) is 10.3. The largest absolute Gasteiger partial charge is 0.355 e. The van der Waals surface area contributed by atoms with Crippen LogP contribution in [0, 0.1) is 5.82 Å². The number of hydrogen-bond acceptors (Lipinski definition) is 0. The fraction of sp³-hybridized carbons (Fsp3) is 0.0588. The molecule has 3 aromatic rings. The molecular weight excluding hydrogens is 237 g/mol. The summed E-state index contributed by atoms with van der Waals surface area (Å²) >= 11 is 0. The van der Waals surface area contributed by atoms with Gasteiger partial charge in [-0.25, -0.2) is 4.39 Å². The molecule has 19 heavy (non-hydrogen) atoms. The fourth-order valence-corrected chi connectivity index (χ4v) is 2.73. The van der Waals surface area contributed by atoms with Crippen molar-refractivity contribution in [3.05, 3.63) is 71.2 Å². The van der Waals surface area contributed by atoms with Gasteiger partial charge in [-0.05, 0) is 47.0 Å². The Kier molecular flexibility index (Phi) is 2.12. The fourth-order valence-electron chi connectivity index (χ4n) is 2.73. The molecule has 0 saturated carbocycles. The summed E-state index contributed by atoms with van der Waals surface area (Å²) in [6.07, 6.45) is 3.14. The molecule has 0 spiro atoms. The minimum Gasteiger partial charge on any atom is -0.355 e. The maximum absolute atomic E-state index is 13.2. The maximum atomic E-state index is 13.2. The summed E-state index contributed by atoms with van der Waals surface area (Å²) in [5, 5.41) is 0.923. The van der Waals surface area contributed by atoms with E-state index in [1.54, 1.807) is 12.1 Å². The van der Waals surface area contributed by atoms with Crippen LogP contribution in [-0.2, 0) is 6.42 Å². The second-order valence-electron chi connectivity index (χ2n) is 4.96. The van der Waals surface area contributed by atoms with E-state index in [-0.39, 0.29) is 5.82 Å². The van der Waals surface area contributed by atoms with Crippen LogP contribution in [0.2, 0.25) is 0 Å². The van der Waals surface area contributed by atoms with Crippen molar-refractivity contribution in [2.24, 2.45) is 0 Å². The molecule has 0 fully saturated rings. The van der Waals surface area contributed by atoms with Crippen molar-refractivity contribution in [1.29, 1.82) is 0 Å². The summed E-state index contributed by atoms with van der Waals surface area (Å²) in [5.41, 5.74) is 5.95. The highest BCUT2D eigenvalue weighted by Crippen LogP contribution is 2.32. The molecule has 0 bridgehead atoms. The molecule has 0 amide bonds. The van der Waals surface area contributed by atoms with Gasteiger partial charge in [0.15, 0.2) is 0 Å². The molecule has 0 atom stereocenters. The predicted octanol–water partition coefficient (Wildman–Crippen LogP) is 4.40. The summed E-state index contributed by atoms with van der Waals surface area (Å²) in [5.74, 6) is -0.193. The van der Waals surface area contributed by atoms with Gasteiger partial charge in [0.1, 0.15) is 5.82 Å². The Bertz CT molecular complexity index is 811. The van der Waals surface area contributed by atoms with Gasteiger partial charge in [-0.15, -0.1) is 0 Å². The van der Waals surface area contributed by atoms with Gasteiger partial charge >= 0.3 is 0 Å². The molecular formula is C17H12FN. The highest BCUT2D eigenvalue weighted by Gasteiger charge is 2.15. The van der Waals surface area contributed by atoms with Crippen LogP contribution in [0.3, 0.4) is 0 Å². The zero-order chi connectivity index (χ0) is 12.8. The lowest BCUT2D eigenvalue weighted by atomic mass is 10.1. The predicted molar refractivity (Wildman–Crippen MR) is 76.3 cm³/mol. The molecule has 0 saturated heterocycles. The molecule has 4 rings (SSSR count). The standard InChI is InChI=1S/C17H12FN/c18-15-5-6-16-14(9-15)10-17(19-16)13-7-11-3-1-2-4-12(11)8-13/h1-7,9-10,19H,8H2. The van der Waals surface area contributed by atoms with Gasteiger partial charge in [-0.1, -0.05) is 24.3 Å². The van der Waals surface area contributed by atoms with Gasteiger partial charge in [-0.2, -0.15) is 0 Å². The van der Waals surface area contributed by atoms with Crippen LogP contribution >= 0.6 is 0 Å². The number of H-pyrrole nitrogens is 1. The lowest BCUT2D eigenvalue weighted by molar-refractivity contribution is 0.630. The third kappa shape index (κ3) is 1.68. The smallest absolute Gasteiger partial charge is 0.123 e. The van der Waals surface area contributed by atoms with Gasteiger partial charge in [0.2, 0.25) is 0 Å². The average molecular weight is 249 g/mol. The van der Waals surface area contributed by atoms with Gasteiger partial charge in [0, 0.05) is 23.0 Å². The summed E-state index contributed by atoms with van der Waals surface area (Å²) in [6.45, 7) is 0. The van der Waals surface area contributed by atoms with Crippen LogP contribution in [0.1, 0.15) is 16.8 Å². The number of fused-ring (bicyclic) bond motifs is 2. The first-order valence-corrected chi connectivity index (χ1v) is 6.37. The number of halogens is 1. The first kappa shape index (κ1) is 10.6. The summed E-state index contributed by atoms with van der Waals surface area (Å²) in [7, 11) is 0. The molecule has 1 heterocycles. The first-order chi connectivity index (χ1) is 9.29. The van der Waals surface area contributed by atoms with Crippen LogP contribution in [-0.4, -0.2) is 4.98 Å². The monoisotopic (exact) mass is 249 g/mol. The average Bonchev–Trinajstić information content (AvgIpc) is 3.00. The van der Waals surface area contributed by atoms with E-state index in [0.29, 0.717) is 0 Å². The topological polar surface area (TPSA) is 15.8 Å². The van der Waals surface area contributed by atoms with Crippen molar-refractivity contribution < 1.29 is 4.39 Å². The third-order valence-electron chi connectivity index (χ3n) is 3.69. The summed E-state index contributed by atoms with van der Waals surface area (Å²) < 4.78 is 13.2.